The van der Waals surface area contributed by atoms with Crippen LogP contribution < -0.4 is 5.32 Å². The molecule has 0 radical (unpaired) electrons. The Bertz CT molecular complexity index is 923. The predicted molar refractivity (Wildman–Crippen MR) is 102 cm³/mol. The highest BCUT2D eigenvalue weighted by molar-refractivity contribution is 7.22. The topological polar surface area (TPSA) is 42.0 Å². The zero-order valence-electron chi connectivity index (χ0n) is 14.2. The van der Waals surface area contributed by atoms with Crippen molar-refractivity contribution in [2.24, 2.45) is 0 Å². The molecule has 1 amide bonds. The lowest BCUT2D eigenvalue weighted by atomic mass is 9.97. The van der Waals surface area contributed by atoms with Gasteiger partial charge in [-0.25, -0.2) is 4.98 Å². The zero-order chi connectivity index (χ0) is 17.4. The quantitative estimate of drug-likeness (QED) is 0.684. The van der Waals surface area contributed by atoms with Crippen LogP contribution in [0, 0.1) is 27.7 Å². The molecule has 0 saturated heterocycles. The highest BCUT2D eigenvalue weighted by Gasteiger charge is 2.13. The molecule has 1 aromatic heterocycles. The molecule has 0 aliphatic heterocycles. The molecule has 5 heteroatoms. The number of nitrogens with one attached hydrogen (secondary N) is 1. The molecule has 2 aromatic carbocycles. The van der Waals surface area contributed by atoms with Gasteiger partial charge in [-0.3, -0.25) is 4.79 Å². The fourth-order valence-electron chi connectivity index (χ4n) is 3.02. The van der Waals surface area contributed by atoms with Crippen LogP contribution in [-0.4, -0.2) is 10.9 Å². The number of nitrogens with zero attached hydrogens (tertiary/aromatic N) is 1. The van der Waals surface area contributed by atoms with Gasteiger partial charge in [0.05, 0.1) is 16.6 Å². The first-order chi connectivity index (χ1) is 11.3. The third kappa shape index (κ3) is 3.45. The molecule has 0 unspecified atom stereocenters. The maximum absolute atomic E-state index is 12.4. The largest absolute Gasteiger partial charge is 0.302 e. The molecule has 0 saturated carbocycles. The molecular weight excluding hydrogens is 340 g/mol. The summed E-state index contributed by atoms with van der Waals surface area (Å²) in [6, 6.07) is 7.98. The van der Waals surface area contributed by atoms with Crippen LogP contribution in [0.3, 0.4) is 0 Å². The van der Waals surface area contributed by atoms with Crippen molar-refractivity contribution in [2.45, 2.75) is 34.1 Å². The molecular formula is C19H19ClN2OS. The van der Waals surface area contributed by atoms with Gasteiger partial charge in [0.25, 0.3) is 0 Å². The number of fused-ring (bicyclic) bond motifs is 1. The molecule has 3 rings (SSSR count). The molecule has 0 atom stereocenters. The molecule has 0 aliphatic rings. The maximum Gasteiger partial charge on any atom is 0.230 e. The van der Waals surface area contributed by atoms with Crippen molar-refractivity contribution in [3.05, 3.63) is 57.1 Å². The van der Waals surface area contributed by atoms with Crippen LogP contribution >= 0.6 is 22.9 Å². The molecule has 24 heavy (non-hydrogen) atoms. The van der Waals surface area contributed by atoms with Crippen molar-refractivity contribution in [1.82, 2.24) is 4.98 Å². The lowest BCUT2D eigenvalue weighted by Gasteiger charge is -2.10. The Balaban J connectivity index is 1.82. The van der Waals surface area contributed by atoms with E-state index >= 15 is 0 Å². The molecule has 0 bridgehead atoms. The summed E-state index contributed by atoms with van der Waals surface area (Å²) in [5, 5.41) is 4.22. The summed E-state index contributed by atoms with van der Waals surface area (Å²) < 4.78 is 0.984. The number of hydrogen-bond acceptors (Lipinski definition) is 3. The first kappa shape index (κ1) is 16.9. The number of benzene rings is 2. The number of aryl methyl sites for hydroxylation is 4. The minimum atomic E-state index is -0.0483. The van der Waals surface area contributed by atoms with Gasteiger partial charge in [-0.1, -0.05) is 40.6 Å². The molecule has 3 aromatic rings. The Kier molecular flexibility index (Phi) is 4.61. The second-order valence-electron chi connectivity index (χ2n) is 6.19. The predicted octanol–water partition coefficient (Wildman–Crippen LogP) is 5.36. The number of anilines is 1. The minimum absolute atomic E-state index is 0.0483. The summed E-state index contributed by atoms with van der Waals surface area (Å²) in [5.74, 6) is -0.0483. The van der Waals surface area contributed by atoms with Crippen molar-refractivity contribution in [1.29, 1.82) is 0 Å². The van der Waals surface area contributed by atoms with Crippen molar-refractivity contribution in [3.63, 3.8) is 0 Å². The van der Waals surface area contributed by atoms with Gasteiger partial charge in [-0.05, 0) is 62.1 Å². The highest BCUT2D eigenvalue weighted by atomic mass is 35.5. The van der Waals surface area contributed by atoms with Crippen molar-refractivity contribution in [2.75, 3.05) is 5.32 Å². The Morgan fingerprint density at radius 1 is 1.08 bits per heavy atom. The molecule has 0 aliphatic carbocycles. The summed E-state index contributed by atoms with van der Waals surface area (Å²) in [7, 11) is 0. The lowest BCUT2D eigenvalue weighted by molar-refractivity contribution is -0.115. The SMILES string of the molecule is Cc1cc(C)c(CC(=O)Nc2nc3c(C)cc(Cl)cc3s2)c(C)c1. The lowest BCUT2D eigenvalue weighted by Crippen LogP contribution is -2.15. The monoisotopic (exact) mass is 358 g/mol. The van der Waals surface area contributed by atoms with E-state index in [-0.39, 0.29) is 5.91 Å². The summed E-state index contributed by atoms with van der Waals surface area (Å²) in [6.07, 6.45) is 0.355. The van der Waals surface area contributed by atoms with Gasteiger partial charge in [0.2, 0.25) is 5.91 Å². The fourth-order valence-corrected chi connectivity index (χ4v) is 4.36. The van der Waals surface area contributed by atoms with Gasteiger partial charge in [-0.2, -0.15) is 0 Å². The Morgan fingerprint density at radius 2 is 1.75 bits per heavy atom. The number of rotatable bonds is 3. The Labute approximate surface area is 150 Å². The van der Waals surface area contributed by atoms with Crippen LogP contribution in [0.5, 0.6) is 0 Å². The molecule has 1 N–H and O–H groups in total. The van der Waals surface area contributed by atoms with Crippen molar-refractivity contribution < 1.29 is 4.79 Å². The van der Waals surface area contributed by atoms with Crippen molar-refractivity contribution >= 4 is 44.2 Å². The van der Waals surface area contributed by atoms with E-state index in [4.69, 9.17) is 11.6 Å². The Morgan fingerprint density at radius 3 is 2.42 bits per heavy atom. The highest BCUT2D eigenvalue weighted by Crippen LogP contribution is 2.31. The van der Waals surface area contributed by atoms with E-state index in [0.29, 0.717) is 16.6 Å². The molecule has 124 valence electrons. The summed E-state index contributed by atoms with van der Waals surface area (Å²) in [6.45, 7) is 8.13. The van der Waals surface area contributed by atoms with E-state index in [2.05, 4.69) is 29.4 Å². The third-order valence-electron chi connectivity index (χ3n) is 4.07. The third-order valence-corrected chi connectivity index (χ3v) is 5.21. The van der Waals surface area contributed by atoms with E-state index in [1.807, 2.05) is 32.9 Å². The number of halogens is 1. The normalized spacial score (nSPS) is 11.0. The first-order valence-electron chi connectivity index (χ1n) is 7.77. The number of aromatic nitrogens is 1. The molecule has 3 nitrogen and oxygen atoms in total. The standard InChI is InChI=1S/C19H19ClN2OS/c1-10-5-11(2)15(12(3)6-10)9-17(23)21-19-22-18-13(4)7-14(20)8-16(18)24-19/h5-8H,9H2,1-4H3,(H,21,22,23). The van der Waals surface area contributed by atoms with E-state index in [1.54, 1.807) is 0 Å². The van der Waals surface area contributed by atoms with Crippen LogP contribution in [0.2, 0.25) is 5.02 Å². The summed E-state index contributed by atoms with van der Waals surface area (Å²) in [5.41, 5.74) is 6.50. The fraction of sp³-hybridized carbons (Fsp3) is 0.263. The smallest absolute Gasteiger partial charge is 0.230 e. The van der Waals surface area contributed by atoms with Crippen LogP contribution in [-0.2, 0) is 11.2 Å². The van der Waals surface area contributed by atoms with Crippen LogP contribution in [0.25, 0.3) is 10.2 Å². The number of thiazole rings is 1. The maximum atomic E-state index is 12.4. The number of hydrogen-bond donors (Lipinski definition) is 1. The van der Waals surface area contributed by atoms with E-state index in [9.17, 15) is 4.79 Å². The second kappa shape index (κ2) is 6.54. The average Bonchev–Trinajstić information content (AvgIpc) is 2.85. The molecule has 0 fully saturated rings. The molecule has 0 spiro atoms. The van der Waals surface area contributed by atoms with Crippen LogP contribution in [0.15, 0.2) is 24.3 Å². The van der Waals surface area contributed by atoms with Crippen LogP contribution in [0.4, 0.5) is 5.13 Å². The van der Waals surface area contributed by atoms with Gasteiger partial charge in [0.15, 0.2) is 5.13 Å². The molecule has 1 heterocycles. The van der Waals surface area contributed by atoms with E-state index in [1.165, 1.54) is 16.9 Å². The number of carbonyl (C=O) groups is 1. The average molecular weight is 359 g/mol. The van der Waals surface area contributed by atoms with Gasteiger partial charge in [0.1, 0.15) is 0 Å². The number of amides is 1. The van der Waals surface area contributed by atoms with E-state index < -0.39 is 0 Å². The zero-order valence-corrected chi connectivity index (χ0v) is 15.7. The number of carbonyl (C=O) groups excluding carboxylic acids is 1. The van der Waals surface area contributed by atoms with Gasteiger partial charge < -0.3 is 5.32 Å². The second-order valence-corrected chi connectivity index (χ2v) is 7.66. The summed E-state index contributed by atoms with van der Waals surface area (Å²) in [4.78, 5) is 17.0. The van der Waals surface area contributed by atoms with Gasteiger partial charge in [-0.15, -0.1) is 0 Å². The van der Waals surface area contributed by atoms with Gasteiger partial charge in [0, 0.05) is 5.02 Å². The van der Waals surface area contributed by atoms with Crippen LogP contribution in [0.1, 0.15) is 27.8 Å². The first-order valence-corrected chi connectivity index (χ1v) is 8.96. The van der Waals surface area contributed by atoms with E-state index in [0.717, 1.165) is 32.5 Å². The van der Waals surface area contributed by atoms with Gasteiger partial charge >= 0.3 is 0 Å². The Hall–Kier alpha value is -1.91. The minimum Gasteiger partial charge on any atom is -0.302 e. The summed E-state index contributed by atoms with van der Waals surface area (Å²) >= 11 is 7.53. The van der Waals surface area contributed by atoms with Crippen molar-refractivity contribution in [3.8, 4) is 0 Å².